The molecule has 1 fully saturated rings. The number of carbonyl (C=O) groups is 1. The number of amides is 1. The Hall–Kier alpha value is -1.79. The fourth-order valence-corrected chi connectivity index (χ4v) is 2.85. The molecule has 0 unspecified atom stereocenters. The van der Waals surface area contributed by atoms with E-state index in [1.54, 1.807) is 0 Å². The molecule has 0 radical (unpaired) electrons. The predicted octanol–water partition coefficient (Wildman–Crippen LogP) is 2.73. The zero-order valence-electron chi connectivity index (χ0n) is 14.5. The molecule has 0 aliphatic carbocycles. The van der Waals surface area contributed by atoms with Gasteiger partial charge >= 0.3 is 7.12 Å². The van der Waals surface area contributed by atoms with E-state index in [1.807, 2.05) is 46.9 Å². The summed E-state index contributed by atoms with van der Waals surface area (Å²) in [5, 5.41) is 3.82. The molecule has 2 heterocycles. The molecular formula is C17H23BN2O3. The van der Waals surface area contributed by atoms with E-state index in [2.05, 4.69) is 16.4 Å². The molecule has 122 valence electrons. The number of anilines is 1. The standard InChI is InChI=1S/C17H23BN2O3/c1-10-7-12(18-22-16(3,4)17(5,6)23-18)8-13-14(20-11(2)21)9-19-15(10)13/h7-9,19H,1-6H3,(H,20,21). The number of hydrogen-bond donors (Lipinski definition) is 2. The second-order valence-electron chi connectivity index (χ2n) is 7.23. The lowest BCUT2D eigenvalue weighted by Crippen LogP contribution is -2.41. The summed E-state index contributed by atoms with van der Waals surface area (Å²) in [6, 6.07) is 4.09. The summed E-state index contributed by atoms with van der Waals surface area (Å²) in [6.07, 6.45) is 1.81. The van der Waals surface area contributed by atoms with Crippen LogP contribution in [0.25, 0.3) is 10.9 Å². The van der Waals surface area contributed by atoms with Crippen LogP contribution in [0.15, 0.2) is 18.3 Å². The Kier molecular flexibility index (Phi) is 3.57. The summed E-state index contributed by atoms with van der Waals surface area (Å²) >= 11 is 0. The van der Waals surface area contributed by atoms with Gasteiger partial charge in [-0.2, -0.15) is 0 Å². The molecule has 1 aromatic carbocycles. The number of hydrogen-bond acceptors (Lipinski definition) is 3. The van der Waals surface area contributed by atoms with Crippen LogP contribution in [0.4, 0.5) is 5.69 Å². The van der Waals surface area contributed by atoms with Gasteiger partial charge in [0.2, 0.25) is 5.91 Å². The van der Waals surface area contributed by atoms with Gasteiger partial charge in [0.05, 0.1) is 22.4 Å². The van der Waals surface area contributed by atoms with Crippen LogP contribution >= 0.6 is 0 Å². The van der Waals surface area contributed by atoms with E-state index < -0.39 is 7.12 Å². The minimum absolute atomic E-state index is 0.0930. The van der Waals surface area contributed by atoms with Crippen molar-refractivity contribution in [3.05, 3.63) is 23.9 Å². The van der Waals surface area contributed by atoms with Crippen molar-refractivity contribution in [3.8, 4) is 0 Å². The Bertz CT molecular complexity index is 763. The lowest BCUT2D eigenvalue weighted by atomic mass is 9.77. The molecule has 0 spiro atoms. The Labute approximate surface area is 136 Å². The molecule has 1 saturated heterocycles. The van der Waals surface area contributed by atoms with Crippen LogP contribution in [0, 0.1) is 6.92 Å². The van der Waals surface area contributed by atoms with Crippen molar-refractivity contribution in [1.82, 2.24) is 4.98 Å². The van der Waals surface area contributed by atoms with E-state index in [0.717, 1.165) is 27.6 Å². The zero-order valence-corrected chi connectivity index (χ0v) is 14.5. The molecule has 0 bridgehead atoms. The van der Waals surface area contributed by atoms with Crippen molar-refractivity contribution in [1.29, 1.82) is 0 Å². The highest BCUT2D eigenvalue weighted by Crippen LogP contribution is 2.37. The molecule has 6 heteroatoms. The van der Waals surface area contributed by atoms with Crippen molar-refractivity contribution in [2.24, 2.45) is 0 Å². The van der Waals surface area contributed by atoms with E-state index in [-0.39, 0.29) is 17.1 Å². The lowest BCUT2D eigenvalue weighted by molar-refractivity contribution is -0.114. The van der Waals surface area contributed by atoms with Crippen LogP contribution < -0.4 is 10.8 Å². The topological polar surface area (TPSA) is 63.4 Å². The number of fused-ring (bicyclic) bond motifs is 1. The highest BCUT2D eigenvalue weighted by Gasteiger charge is 2.51. The number of nitrogens with one attached hydrogen (secondary N) is 2. The van der Waals surface area contributed by atoms with Crippen molar-refractivity contribution in [3.63, 3.8) is 0 Å². The van der Waals surface area contributed by atoms with Gasteiger partial charge in [-0.05, 0) is 45.6 Å². The van der Waals surface area contributed by atoms with Crippen LogP contribution in [0.3, 0.4) is 0 Å². The largest absolute Gasteiger partial charge is 0.494 e. The molecular weight excluding hydrogens is 291 g/mol. The van der Waals surface area contributed by atoms with Crippen molar-refractivity contribution >= 4 is 35.1 Å². The van der Waals surface area contributed by atoms with E-state index in [1.165, 1.54) is 6.92 Å². The summed E-state index contributed by atoms with van der Waals surface area (Å²) in [7, 11) is -0.414. The number of aryl methyl sites for hydroxylation is 1. The summed E-state index contributed by atoms with van der Waals surface area (Å²) in [5.74, 6) is -0.0930. The Morgan fingerprint density at radius 1 is 1.17 bits per heavy atom. The highest BCUT2D eigenvalue weighted by molar-refractivity contribution is 6.62. The lowest BCUT2D eigenvalue weighted by Gasteiger charge is -2.32. The van der Waals surface area contributed by atoms with Crippen LogP contribution in [0.2, 0.25) is 0 Å². The average molecular weight is 314 g/mol. The van der Waals surface area contributed by atoms with Crippen LogP contribution in [-0.4, -0.2) is 29.2 Å². The number of aromatic nitrogens is 1. The van der Waals surface area contributed by atoms with Crippen LogP contribution in [-0.2, 0) is 14.1 Å². The first kappa shape index (κ1) is 16.1. The maximum absolute atomic E-state index is 11.4. The van der Waals surface area contributed by atoms with Crippen LogP contribution in [0.5, 0.6) is 0 Å². The van der Waals surface area contributed by atoms with Crippen molar-refractivity contribution in [2.45, 2.75) is 52.7 Å². The monoisotopic (exact) mass is 314 g/mol. The summed E-state index contributed by atoms with van der Waals surface area (Å²) in [4.78, 5) is 14.6. The minimum atomic E-state index is -0.414. The summed E-state index contributed by atoms with van der Waals surface area (Å²) < 4.78 is 12.3. The number of aromatic amines is 1. The van der Waals surface area contributed by atoms with Gasteiger partial charge in [-0.3, -0.25) is 4.79 Å². The van der Waals surface area contributed by atoms with Gasteiger partial charge in [0.25, 0.3) is 0 Å². The summed E-state index contributed by atoms with van der Waals surface area (Å²) in [5.41, 5.74) is 3.07. The highest BCUT2D eigenvalue weighted by atomic mass is 16.7. The second-order valence-corrected chi connectivity index (χ2v) is 7.23. The molecule has 1 aromatic heterocycles. The van der Waals surface area contributed by atoms with Crippen molar-refractivity contribution in [2.75, 3.05) is 5.32 Å². The first-order valence-corrected chi connectivity index (χ1v) is 7.85. The fourth-order valence-electron chi connectivity index (χ4n) is 2.85. The van der Waals surface area contributed by atoms with Gasteiger partial charge in [-0.25, -0.2) is 0 Å². The second kappa shape index (κ2) is 5.11. The molecule has 0 atom stereocenters. The van der Waals surface area contributed by atoms with Gasteiger partial charge in [0, 0.05) is 18.5 Å². The Morgan fingerprint density at radius 3 is 2.35 bits per heavy atom. The van der Waals surface area contributed by atoms with E-state index in [9.17, 15) is 4.79 Å². The first-order chi connectivity index (χ1) is 10.6. The number of H-pyrrole nitrogens is 1. The smallest absolute Gasteiger partial charge is 0.399 e. The molecule has 3 rings (SSSR count). The number of benzene rings is 1. The molecule has 23 heavy (non-hydrogen) atoms. The van der Waals surface area contributed by atoms with E-state index in [4.69, 9.17) is 9.31 Å². The maximum atomic E-state index is 11.4. The van der Waals surface area contributed by atoms with Gasteiger partial charge in [-0.1, -0.05) is 12.1 Å². The maximum Gasteiger partial charge on any atom is 0.494 e. The molecule has 2 N–H and O–H groups in total. The van der Waals surface area contributed by atoms with Gasteiger partial charge in [0.1, 0.15) is 0 Å². The molecule has 1 aliphatic rings. The van der Waals surface area contributed by atoms with Gasteiger partial charge in [0.15, 0.2) is 0 Å². The van der Waals surface area contributed by atoms with E-state index >= 15 is 0 Å². The molecule has 2 aromatic rings. The van der Waals surface area contributed by atoms with Crippen molar-refractivity contribution < 1.29 is 14.1 Å². The number of rotatable bonds is 2. The third-order valence-electron chi connectivity index (χ3n) is 4.84. The normalized spacial score (nSPS) is 19.3. The third kappa shape index (κ3) is 2.66. The summed E-state index contributed by atoms with van der Waals surface area (Å²) in [6.45, 7) is 11.7. The van der Waals surface area contributed by atoms with Crippen LogP contribution in [0.1, 0.15) is 40.2 Å². The molecule has 1 amide bonds. The molecule has 5 nitrogen and oxygen atoms in total. The quantitative estimate of drug-likeness (QED) is 0.838. The van der Waals surface area contributed by atoms with Gasteiger partial charge < -0.3 is 19.6 Å². The number of carbonyl (C=O) groups excluding carboxylic acids is 1. The van der Waals surface area contributed by atoms with E-state index in [0.29, 0.717) is 0 Å². The first-order valence-electron chi connectivity index (χ1n) is 7.85. The Balaban J connectivity index is 2.04. The minimum Gasteiger partial charge on any atom is -0.399 e. The SMILES string of the molecule is CC(=O)Nc1c[nH]c2c(C)cc(B3OC(C)(C)C(C)(C)O3)cc12. The Morgan fingerprint density at radius 2 is 1.78 bits per heavy atom. The average Bonchev–Trinajstić information content (AvgIpc) is 2.89. The third-order valence-corrected chi connectivity index (χ3v) is 4.84. The zero-order chi connectivity index (χ0) is 17.0. The molecule has 0 saturated carbocycles. The van der Waals surface area contributed by atoms with Gasteiger partial charge in [-0.15, -0.1) is 0 Å². The predicted molar refractivity (Wildman–Crippen MR) is 93.1 cm³/mol. The fraction of sp³-hybridized carbons (Fsp3) is 0.471. The molecule has 1 aliphatic heterocycles.